The zero-order chi connectivity index (χ0) is 14.6. The van der Waals surface area contributed by atoms with Gasteiger partial charge in [-0.25, -0.2) is 0 Å². The highest BCUT2D eigenvalue weighted by molar-refractivity contribution is 5.77. The van der Waals surface area contributed by atoms with Crippen LogP contribution in [0.2, 0.25) is 0 Å². The molecule has 1 fully saturated rings. The molecular weight excluding hydrogens is 267 g/mol. The summed E-state index contributed by atoms with van der Waals surface area (Å²) >= 11 is 0. The SMILES string of the molecule is O=Cc1ccc(N2CCCCCCC2)c(C(F)(F)F)c1. The fraction of sp³-hybridized carbons (Fsp3) is 0.533. The van der Waals surface area contributed by atoms with Crippen molar-refractivity contribution < 1.29 is 18.0 Å². The second-order valence-corrected chi connectivity index (χ2v) is 5.15. The molecule has 0 N–H and O–H groups in total. The molecular formula is C15H18F3NO. The maximum absolute atomic E-state index is 13.2. The normalized spacial score (nSPS) is 17.4. The van der Waals surface area contributed by atoms with E-state index in [1.807, 2.05) is 0 Å². The fourth-order valence-electron chi connectivity index (χ4n) is 2.62. The van der Waals surface area contributed by atoms with E-state index < -0.39 is 11.7 Å². The van der Waals surface area contributed by atoms with Gasteiger partial charge < -0.3 is 4.90 Å². The van der Waals surface area contributed by atoms with Crippen LogP contribution >= 0.6 is 0 Å². The van der Waals surface area contributed by atoms with Crippen molar-refractivity contribution in [3.8, 4) is 0 Å². The predicted molar refractivity (Wildman–Crippen MR) is 72.1 cm³/mol. The summed E-state index contributed by atoms with van der Waals surface area (Å²) in [5.74, 6) is 0. The number of carbonyl (C=O) groups is 1. The van der Waals surface area contributed by atoms with Crippen LogP contribution in [-0.4, -0.2) is 19.4 Å². The van der Waals surface area contributed by atoms with Gasteiger partial charge in [0.25, 0.3) is 0 Å². The molecule has 1 aromatic carbocycles. The van der Waals surface area contributed by atoms with Crippen LogP contribution in [0.3, 0.4) is 0 Å². The lowest BCUT2D eigenvalue weighted by molar-refractivity contribution is -0.137. The number of rotatable bonds is 2. The van der Waals surface area contributed by atoms with Crippen molar-refractivity contribution in [1.29, 1.82) is 0 Å². The van der Waals surface area contributed by atoms with Crippen molar-refractivity contribution in [1.82, 2.24) is 0 Å². The molecule has 2 rings (SSSR count). The van der Waals surface area contributed by atoms with Crippen LogP contribution in [0.5, 0.6) is 0 Å². The molecule has 1 saturated heterocycles. The summed E-state index contributed by atoms with van der Waals surface area (Å²) in [6.45, 7) is 1.28. The summed E-state index contributed by atoms with van der Waals surface area (Å²) in [6, 6.07) is 3.83. The average molecular weight is 285 g/mol. The second kappa shape index (κ2) is 6.29. The van der Waals surface area contributed by atoms with Gasteiger partial charge in [-0.1, -0.05) is 19.3 Å². The maximum atomic E-state index is 13.2. The number of hydrogen-bond acceptors (Lipinski definition) is 2. The Morgan fingerprint density at radius 2 is 1.60 bits per heavy atom. The summed E-state index contributed by atoms with van der Waals surface area (Å²) in [5.41, 5.74) is -0.444. The predicted octanol–water partition coefficient (Wildman–Crippen LogP) is 4.29. The summed E-state index contributed by atoms with van der Waals surface area (Å²) in [7, 11) is 0. The zero-order valence-electron chi connectivity index (χ0n) is 11.2. The fourth-order valence-corrected chi connectivity index (χ4v) is 2.62. The van der Waals surface area contributed by atoms with Gasteiger partial charge in [0.2, 0.25) is 0 Å². The standard InChI is InChI=1S/C15H18F3NO/c16-15(17,18)13-10-12(11-20)6-7-14(13)19-8-4-2-1-3-5-9-19/h6-7,10-11H,1-5,8-9H2. The molecule has 1 heterocycles. The zero-order valence-corrected chi connectivity index (χ0v) is 11.2. The van der Waals surface area contributed by atoms with Gasteiger partial charge in [-0.05, 0) is 31.0 Å². The third-order valence-corrected chi connectivity index (χ3v) is 3.66. The molecule has 1 aliphatic rings. The first-order valence-corrected chi connectivity index (χ1v) is 6.94. The van der Waals surface area contributed by atoms with E-state index in [-0.39, 0.29) is 11.3 Å². The van der Waals surface area contributed by atoms with Crippen LogP contribution in [0.1, 0.15) is 48.0 Å². The molecule has 0 unspecified atom stereocenters. The molecule has 2 nitrogen and oxygen atoms in total. The van der Waals surface area contributed by atoms with Gasteiger partial charge in [0.1, 0.15) is 6.29 Å². The number of alkyl halides is 3. The molecule has 110 valence electrons. The molecule has 5 heteroatoms. The Balaban J connectivity index is 2.35. The summed E-state index contributed by atoms with van der Waals surface area (Å²) in [4.78, 5) is 12.5. The van der Waals surface area contributed by atoms with Gasteiger partial charge in [-0.3, -0.25) is 4.79 Å². The minimum absolute atomic E-state index is 0.0631. The first-order valence-electron chi connectivity index (χ1n) is 6.94. The number of carbonyl (C=O) groups excluding carboxylic acids is 1. The van der Waals surface area contributed by atoms with E-state index in [0.29, 0.717) is 19.4 Å². The monoisotopic (exact) mass is 285 g/mol. The van der Waals surface area contributed by atoms with E-state index in [2.05, 4.69) is 0 Å². The summed E-state index contributed by atoms with van der Waals surface area (Å²) in [6.07, 6.45) is 1.11. The van der Waals surface area contributed by atoms with Crippen molar-refractivity contribution in [3.63, 3.8) is 0 Å². The largest absolute Gasteiger partial charge is 0.418 e. The quantitative estimate of drug-likeness (QED) is 0.756. The highest BCUT2D eigenvalue weighted by Crippen LogP contribution is 2.37. The lowest BCUT2D eigenvalue weighted by Gasteiger charge is -2.29. The number of anilines is 1. The Hall–Kier alpha value is -1.52. The molecule has 1 aliphatic heterocycles. The average Bonchev–Trinajstić information content (AvgIpc) is 2.37. The highest BCUT2D eigenvalue weighted by Gasteiger charge is 2.35. The van der Waals surface area contributed by atoms with Gasteiger partial charge in [0, 0.05) is 24.3 Å². The van der Waals surface area contributed by atoms with Crippen LogP contribution in [0.25, 0.3) is 0 Å². The number of hydrogen-bond donors (Lipinski definition) is 0. The van der Waals surface area contributed by atoms with Crippen LogP contribution in [0, 0.1) is 0 Å². The lowest BCUT2D eigenvalue weighted by atomic mass is 10.0. The lowest BCUT2D eigenvalue weighted by Crippen LogP contribution is -2.29. The number of aldehydes is 1. The maximum Gasteiger partial charge on any atom is 0.418 e. The summed E-state index contributed by atoms with van der Waals surface area (Å²) in [5, 5.41) is 0. The van der Waals surface area contributed by atoms with Gasteiger partial charge in [0.05, 0.1) is 5.56 Å². The number of nitrogens with zero attached hydrogens (tertiary/aromatic N) is 1. The van der Waals surface area contributed by atoms with E-state index in [0.717, 1.165) is 38.2 Å². The second-order valence-electron chi connectivity index (χ2n) is 5.15. The van der Waals surface area contributed by atoms with Crippen LogP contribution in [-0.2, 0) is 6.18 Å². The van der Waals surface area contributed by atoms with E-state index in [1.54, 1.807) is 4.90 Å². The molecule has 0 aliphatic carbocycles. The third-order valence-electron chi connectivity index (χ3n) is 3.66. The molecule has 0 aromatic heterocycles. The smallest absolute Gasteiger partial charge is 0.371 e. The van der Waals surface area contributed by atoms with E-state index in [1.165, 1.54) is 12.1 Å². The Morgan fingerprint density at radius 1 is 1.00 bits per heavy atom. The van der Waals surface area contributed by atoms with Crippen LogP contribution in [0.15, 0.2) is 18.2 Å². The van der Waals surface area contributed by atoms with E-state index in [4.69, 9.17) is 0 Å². The Labute approximate surface area is 116 Å². The molecule has 1 aromatic rings. The molecule has 0 amide bonds. The minimum atomic E-state index is -4.43. The van der Waals surface area contributed by atoms with Crippen molar-refractivity contribution in [2.45, 2.75) is 38.3 Å². The van der Waals surface area contributed by atoms with E-state index >= 15 is 0 Å². The topological polar surface area (TPSA) is 20.3 Å². The molecule has 0 saturated carbocycles. The van der Waals surface area contributed by atoms with E-state index in [9.17, 15) is 18.0 Å². The van der Waals surface area contributed by atoms with Crippen molar-refractivity contribution >= 4 is 12.0 Å². The van der Waals surface area contributed by atoms with Crippen molar-refractivity contribution in [2.24, 2.45) is 0 Å². The van der Waals surface area contributed by atoms with Gasteiger partial charge in [-0.15, -0.1) is 0 Å². The highest BCUT2D eigenvalue weighted by atomic mass is 19.4. The van der Waals surface area contributed by atoms with Crippen molar-refractivity contribution in [2.75, 3.05) is 18.0 Å². The van der Waals surface area contributed by atoms with Gasteiger partial charge in [0.15, 0.2) is 0 Å². The first-order chi connectivity index (χ1) is 9.52. The van der Waals surface area contributed by atoms with Crippen molar-refractivity contribution in [3.05, 3.63) is 29.3 Å². The van der Waals surface area contributed by atoms with Crippen LogP contribution < -0.4 is 4.90 Å². The summed E-state index contributed by atoms with van der Waals surface area (Å²) < 4.78 is 39.5. The molecule has 0 bridgehead atoms. The molecule has 0 radical (unpaired) electrons. The molecule has 0 spiro atoms. The van der Waals surface area contributed by atoms with Gasteiger partial charge >= 0.3 is 6.18 Å². The number of halogens is 3. The Morgan fingerprint density at radius 3 is 2.15 bits per heavy atom. The Kier molecular flexibility index (Phi) is 4.68. The minimum Gasteiger partial charge on any atom is -0.371 e. The van der Waals surface area contributed by atoms with Crippen LogP contribution in [0.4, 0.5) is 18.9 Å². The molecule has 20 heavy (non-hydrogen) atoms. The Bertz CT molecular complexity index is 463. The first kappa shape index (κ1) is 14.9. The third kappa shape index (κ3) is 3.52. The number of benzene rings is 1. The molecule has 0 atom stereocenters. The van der Waals surface area contributed by atoms with Gasteiger partial charge in [-0.2, -0.15) is 13.2 Å².